The summed E-state index contributed by atoms with van der Waals surface area (Å²) in [5, 5.41) is 1.40. The van der Waals surface area contributed by atoms with E-state index in [0.717, 1.165) is 40.3 Å². The normalized spacial score (nSPS) is 12.4. The Kier molecular flexibility index (Phi) is 6.99. The first-order valence-corrected chi connectivity index (χ1v) is 11.8. The van der Waals surface area contributed by atoms with Gasteiger partial charge in [0.15, 0.2) is 0 Å². The molecule has 0 aliphatic heterocycles. The van der Waals surface area contributed by atoms with Gasteiger partial charge in [0.25, 0.3) is 5.91 Å². The van der Waals surface area contributed by atoms with Crippen LogP contribution in [0.4, 0.5) is 0 Å². The minimum absolute atomic E-state index is 0.351. The van der Waals surface area contributed by atoms with Crippen molar-refractivity contribution in [2.75, 3.05) is 20.1 Å². The van der Waals surface area contributed by atoms with Gasteiger partial charge in [0.05, 0.1) is 11.0 Å². The van der Waals surface area contributed by atoms with E-state index >= 15 is 0 Å². The van der Waals surface area contributed by atoms with Gasteiger partial charge in [0.1, 0.15) is 28.1 Å². The van der Waals surface area contributed by atoms with E-state index in [1.165, 1.54) is 11.3 Å². The maximum absolute atomic E-state index is 12.2. The lowest BCUT2D eigenvalue weighted by Crippen LogP contribution is -2.24. The van der Waals surface area contributed by atoms with Gasteiger partial charge in [-0.1, -0.05) is 35.9 Å². The number of primary amides is 1. The van der Waals surface area contributed by atoms with Crippen LogP contribution in [0.3, 0.4) is 0 Å². The van der Waals surface area contributed by atoms with Crippen LogP contribution in [0.5, 0.6) is 5.75 Å². The zero-order valence-corrected chi connectivity index (χ0v) is 20.1. The van der Waals surface area contributed by atoms with Gasteiger partial charge in [-0.2, -0.15) is 0 Å². The molecule has 0 aliphatic rings. The van der Waals surface area contributed by atoms with Crippen LogP contribution in [0.1, 0.15) is 33.8 Å². The fourth-order valence-corrected chi connectivity index (χ4v) is 4.95. The van der Waals surface area contributed by atoms with E-state index in [0.29, 0.717) is 22.2 Å². The molecule has 0 bridgehead atoms. The number of rotatable bonds is 9. The van der Waals surface area contributed by atoms with E-state index in [-0.39, 0.29) is 6.10 Å². The Morgan fingerprint density at radius 2 is 2.06 bits per heavy atom. The number of carbonyl (C=O) groups excluding carboxylic acids is 1. The number of fused-ring (bicyclic) bond motifs is 1. The first-order chi connectivity index (χ1) is 15.9. The largest absolute Gasteiger partial charge is 0.484 e. The number of amides is 1. The van der Waals surface area contributed by atoms with E-state index in [1.807, 2.05) is 54.9 Å². The van der Waals surface area contributed by atoms with Crippen LogP contribution in [-0.4, -0.2) is 40.5 Å². The summed E-state index contributed by atoms with van der Waals surface area (Å²) in [6.45, 7) is 4.09. The molecule has 1 amide bonds. The van der Waals surface area contributed by atoms with Crippen molar-refractivity contribution in [3.05, 3.63) is 75.9 Å². The van der Waals surface area contributed by atoms with E-state index in [2.05, 4.69) is 22.0 Å². The number of hydrogen-bond donors (Lipinski definition) is 2. The Bertz CT molecular complexity index is 1290. The topological polar surface area (TPSA) is 99.4 Å². The van der Waals surface area contributed by atoms with Gasteiger partial charge < -0.3 is 21.1 Å². The van der Waals surface area contributed by atoms with Crippen molar-refractivity contribution in [1.82, 2.24) is 14.5 Å². The molecular formula is C24H26ClN5O2S. The summed E-state index contributed by atoms with van der Waals surface area (Å²) in [6, 6.07) is 15.5. The number of benzene rings is 2. The SMILES string of the molecule is C[C@@H](Oc1cc(-n2cnc3ccc(CN(C)CCN)cc32)sc1C(N)=O)c1ccccc1Cl. The summed E-state index contributed by atoms with van der Waals surface area (Å²) in [5.74, 6) is -0.114. The zero-order chi connectivity index (χ0) is 23.5. The molecule has 172 valence electrons. The van der Waals surface area contributed by atoms with Crippen LogP contribution >= 0.6 is 22.9 Å². The predicted molar refractivity (Wildman–Crippen MR) is 133 cm³/mol. The average molecular weight is 484 g/mol. The van der Waals surface area contributed by atoms with E-state index in [4.69, 9.17) is 27.8 Å². The fraction of sp³-hybridized carbons (Fsp3) is 0.250. The lowest BCUT2D eigenvalue weighted by Gasteiger charge is -2.16. The number of carbonyl (C=O) groups is 1. The summed E-state index contributed by atoms with van der Waals surface area (Å²) < 4.78 is 8.09. The third-order valence-corrected chi connectivity index (χ3v) is 6.84. The second-order valence-corrected chi connectivity index (χ2v) is 9.33. The van der Waals surface area contributed by atoms with E-state index in [1.54, 1.807) is 6.33 Å². The van der Waals surface area contributed by atoms with Crippen LogP contribution in [-0.2, 0) is 6.54 Å². The fourth-order valence-electron chi connectivity index (χ4n) is 3.74. The molecule has 0 unspecified atom stereocenters. The molecule has 4 aromatic rings. The third kappa shape index (κ3) is 5.04. The van der Waals surface area contributed by atoms with Crippen LogP contribution in [0.2, 0.25) is 5.02 Å². The Hall–Kier alpha value is -2.91. The predicted octanol–water partition coefficient (Wildman–Crippen LogP) is 4.37. The molecule has 1 atom stereocenters. The number of nitrogens with zero attached hydrogens (tertiary/aromatic N) is 3. The summed E-state index contributed by atoms with van der Waals surface area (Å²) in [6.07, 6.45) is 1.39. The van der Waals surface area contributed by atoms with Crippen molar-refractivity contribution in [3.63, 3.8) is 0 Å². The summed E-state index contributed by atoms with van der Waals surface area (Å²) in [5.41, 5.74) is 15.1. The van der Waals surface area contributed by atoms with Crippen LogP contribution in [0, 0.1) is 0 Å². The van der Waals surface area contributed by atoms with Gasteiger partial charge in [-0.05, 0) is 37.7 Å². The molecule has 0 radical (unpaired) electrons. The molecule has 0 fully saturated rings. The molecule has 2 aromatic carbocycles. The van der Waals surface area contributed by atoms with Crippen molar-refractivity contribution in [2.45, 2.75) is 19.6 Å². The summed E-state index contributed by atoms with van der Waals surface area (Å²) in [7, 11) is 2.04. The van der Waals surface area contributed by atoms with Crippen molar-refractivity contribution < 1.29 is 9.53 Å². The Morgan fingerprint density at radius 1 is 1.27 bits per heavy atom. The first kappa shape index (κ1) is 23.3. The van der Waals surface area contributed by atoms with Gasteiger partial charge in [0.2, 0.25) is 0 Å². The van der Waals surface area contributed by atoms with Gasteiger partial charge in [-0.3, -0.25) is 9.36 Å². The van der Waals surface area contributed by atoms with Crippen molar-refractivity contribution in [1.29, 1.82) is 0 Å². The number of nitrogens with two attached hydrogens (primary N) is 2. The number of hydrogen-bond acceptors (Lipinski definition) is 6. The van der Waals surface area contributed by atoms with Crippen molar-refractivity contribution >= 4 is 39.9 Å². The van der Waals surface area contributed by atoms with Gasteiger partial charge in [-0.25, -0.2) is 4.98 Å². The Morgan fingerprint density at radius 3 is 2.79 bits per heavy atom. The van der Waals surface area contributed by atoms with Crippen molar-refractivity contribution in [3.8, 4) is 10.8 Å². The molecule has 9 heteroatoms. The molecule has 33 heavy (non-hydrogen) atoms. The number of ether oxygens (including phenoxy) is 1. The molecule has 2 aromatic heterocycles. The highest BCUT2D eigenvalue weighted by molar-refractivity contribution is 7.16. The lowest BCUT2D eigenvalue weighted by molar-refractivity contribution is 0.0998. The van der Waals surface area contributed by atoms with Crippen LogP contribution < -0.4 is 16.2 Å². The number of imidazole rings is 1. The number of halogens is 1. The minimum Gasteiger partial charge on any atom is -0.484 e. The molecule has 0 spiro atoms. The molecule has 4 N–H and O–H groups in total. The summed E-state index contributed by atoms with van der Waals surface area (Å²) >= 11 is 7.59. The van der Waals surface area contributed by atoms with Gasteiger partial charge in [0, 0.05) is 36.3 Å². The molecule has 2 heterocycles. The van der Waals surface area contributed by atoms with Crippen LogP contribution in [0.15, 0.2) is 54.9 Å². The third-order valence-electron chi connectivity index (χ3n) is 5.37. The molecule has 0 saturated heterocycles. The standard InChI is InChI=1S/C24H26ClN5O2S/c1-15(17-5-3-4-6-18(17)25)32-21-12-22(33-23(21)24(27)31)30-14-28-19-8-7-16(11-20(19)30)13-29(2)10-9-26/h3-8,11-12,14-15H,9-10,13,26H2,1-2H3,(H2,27,31)/t15-/m1/s1. The quantitative estimate of drug-likeness (QED) is 0.368. The monoisotopic (exact) mass is 483 g/mol. The van der Waals surface area contributed by atoms with E-state index in [9.17, 15) is 4.79 Å². The lowest BCUT2D eigenvalue weighted by atomic mass is 10.1. The maximum Gasteiger partial charge on any atom is 0.262 e. The van der Waals surface area contributed by atoms with Gasteiger partial charge in [-0.15, -0.1) is 11.3 Å². The molecular weight excluding hydrogens is 458 g/mol. The highest BCUT2D eigenvalue weighted by Crippen LogP contribution is 2.37. The Balaban J connectivity index is 1.68. The van der Waals surface area contributed by atoms with Gasteiger partial charge >= 0.3 is 0 Å². The molecule has 0 aliphatic carbocycles. The number of aromatic nitrogens is 2. The highest BCUT2D eigenvalue weighted by atomic mass is 35.5. The molecule has 4 rings (SSSR count). The summed E-state index contributed by atoms with van der Waals surface area (Å²) in [4.78, 5) is 19.2. The van der Waals surface area contributed by atoms with E-state index < -0.39 is 5.91 Å². The zero-order valence-electron chi connectivity index (χ0n) is 18.5. The molecule has 7 nitrogen and oxygen atoms in total. The number of thiophene rings is 1. The maximum atomic E-state index is 12.2. The Labute approximate surface area is 201 Å². The van der Waals surface area contributed by atoms with Crippen LogP contribution in [0.25, 0.3) is 16.0 Å². The second-order valence-electron chi connectivity index (χ2n) is 7.89. The highest BCUT2D eigenvalue weighted by Gasteiger charge is 2.21. The second kappa shape index (κ2) is 9.93. The number of likely N-dealkylation sites (N-methyl/N-ethyl adjacent to an activating group) is 1. The van der Waals surface area contributed by atoms with Crippen molar-refractivity contribution in [2.24, 2.45) is 11.5 Å². The minimum atomic E-state index is -0.541. The smallest absolute Gasteiger partial charge is 0.262 e. The first-order valence-electron chi connectivity index (χ1n) is 10.6. The molecule has 0 saturated carbocycles. The average Bonchev–Trinajstić information content (AvgIpc) is 3.38.